The van der Waals surface area contributed by atoms with E-state index in [9.17, 15) is 4.79 Å². The molecule has 0 aliphatic heterocycles. The average Bonchev–Trinajstić information content (AvgIpc) is 3.08. The van der Waals surface area contributed by atoms with Gasteiger partial charge in [0.2, 0.25) is 0 Å². The minimum atomic E-state index is 0.0434. The Bertz CT molecular complexity index is 914. The summed E-state index contributed by atoms with van der Waals surface area (Å²) in [6.07, 6.45) is 0. The first-order valence-corrected chi connectivity index (χ1v) is 10.3. The van der Waals surface area contributed by atoms with Crippen LogP contribution in [0.5, 0.6) is 0 Å². The summed E-state index contributed by atoms with van der Waals surface area (Å²) in [6.45, 7) is 1.11. The molecule has 0 atom stereocenters. The molecule has 140 valence electrons. The van der Waals surface area contributed by atoms with E-state index in [-0.39, 0.29) is 11.5 Å². The van der Waals surface area contributed by atoms with Crippen molar-refractivity contribution in [3.05, 3.63) is 63.6 Å². The summed E-state index contributed by atoms with van der Waals surface area (Å²) in [5.41, 5.74) is 1.58. The van der Waals surface area contributed by atoms with E-state index >= 15 is 0 Å². The van der Waals surface area contributed by atoms with Gasteiger partial charge in [0, 0.05) is 27.7 Å². The molecule has 1 heterocycles. The van der Waals surface area contributed by atoms with E-state index in [0.717, 1.165) is 15.9 Å². The molecule has 1 aromatic heterocycles. The molecule has 0 spiro atoms. The van der Waals surface area contributed by atoms with Crippen LogP contribution >= 0.6 is 39.3 Å². The van der Waals surface area contributed by atoms with Crippen LogP contribution in [0.4, 0.5) is 0 Å². The van der Waals surface area contributed by atoms with Gasteiger partial charge in [-0.25, -0.2) is 0 Å². The zero-order chi connectivity index (χ0) is 19.2. The van der Waals surface area contributed by atoms with E-state index in [4.69, 9.17) is 16.3 Å². The van der Waals surface area contributed by atoms with Crippen molar-refractivity contribution >= 4 is 45.1 Å². The molecule has 0 amide bonds. The molecular weight excluding hydrogens is 450 g/mol. The maximum atomic E-state index is 12.4. The Balaban J connectivity index is 1.79. The van der Waals surface area contributed by atoms with Crippen LogP contribution in [0.2, 0.25) is 5.02 Å². The Labute approximate surface area is 175 Å². The summed E-state index contributed by atoms with van der Waals surface area (Å²) >= 11 is 10.7. The maximum absolute atomic E-state index is 12.4. The minimum Gasteiger partial charge on any atom is -0.383 e. The molecule has 27 heavy (non-hydrogen) atoms. The van der Waals surface area contributed by atoms with Crippen LogP contribution in [0.1, 0.15) is 10.4 Å². The molecule has 2 aromatic carbocycles. The standard InChI is InChI=1S/C19H17BrClN3O2S/c1-26-11-10-24-18(14-4-8-16(21)9-5-14)22-23-19(24)27-12-17(25)13-2-6-15(20)7-3-13/h2-9H,10-12H2,1H3. The van der Waals surface area contributed by atoms with Crippen molar-refractivity contribution in [3.8, 4) is 11.4 Å². The van der Waals surface area contributed by atoms with Gasteiger partial charge in [-0.1, -0.05) is 51.4 Å². The minimum absolute atomic E-state index is 0.0434. The molecule has 3 aromatic rings. The van der Waals surface area contributed by atoms with Crippen molar-refractivity contribution in [3.63, 3.8) is 0 Å². The molecule has 0 radical (unpaired) electrons. The molecule has 5 nitrogen and oxygen atoms in total. The predicted octanol–water partition coefficient (Wildman–Crippen LogP) is 4.98. The SMILES string of the molecule is COCCn1c(SCC(=O)c2ccc(Br)cc2)nnc1-c1ccc(Cl)cc1. The number of Topliss-reactive ketones (excluding diaryl/α,β-unsaturated/α-hetero) is 1. The van der Waals surface area contributed by atoms with Crippen LogP contribution in [-0.4, -0.2) is 40.0 Å². The molecule has 8 heteroatoms. The first-order valence-electron chi connectivity index (χ1n) is 8.18. The second-order valence-electron chi connectivity index (χ2n) is 5.68. The van der Waals surface area contributed by atoms with Crippen molar-refractivity contribution in [2.45, 2.75) is 11.7 Å². The highest BCUT2D eigenvalue weighted by Gasteiger charge is 2.16. The summed E-state index contributed by atoms with van der Waals surface area (Å²) < 4.78 is 8.12. The number of rotatable bonds is 8. The zero-order valence-electron chi connectivity index (χ0n) is 14.6. The van der Waals surface area contributed by atoms with Crippen molar-refractivity contribution < 1.29 is 9.53 Å². The largest absolute Gasteiger partial charge is 0.383 e. The normalized spacial score (nSPS) is 10.9. The smallest absolute Gasteiger partial charge is 0.192 e. The van der Waals surface area contributed by atoms with Gasteiger partial charge in [0.15, 0.2) is 16.8 Å². The third-order valence-electron chi connectivity index (χ3n) is 3.84. The number of ether oxygens (including phenoxy) is 1. The lowest BCUT2D eigenvalue weighted by Crippen LogP contribution is -2.09. The van der Waals surface area contributed by atoms with E-state index in [1.54, 1.807) is 7.11 Å². The van der Waals surface area contributed by atoms with Crippen LogP contribution < -0.4 is 0 Å². The number of nitrogens with zero attached hydrogens (tertiary/aromatic N) is 3. The third-order valence-corrected chi connectivity index (χ3v) is 5.58. The van der Waals surface area contributed by atoms with Gasteiger partial charge < -0.3 is 4.74 Å². The molecule has 0 fully saturated rings. The molecular formula is C19H17BrClN3O2S. The summed E-state index contributed by atoms with van der Waals surface area (Å²) in [5, 5.41) is 9.93. The van der Waals surface area contributed by atoms with Gasteiger partial charge in [0.05, 0.1) is 18.9 Å². The first kappa shape index (κ1) is 20.1. The first-order chi connectivity index (χ1) is 13.1. The predicted molar refractivity (Wildman–Crippen MR) is 112 cm³/mol. The van der Waals surface area contributed by atoms with Gasteiger partial charge in [0.25, 0.3) is 0 Å². The highest BCUT2D eigenvalue weighted by atomic mass is 79.9. The van der Waals surface area contributed by atoms with Gasteiger partial charge in [0.1, 0.15) is 0 Å². The van der Waals surface area contributed by atoms with Gasteiger partial charge in [-0.3, -0.25) is 9.36 Å². The number of benzene rings is 2. The number of thioether (sulfide) groups is 1. The molecule has 0 aliphatic carbocycles. The summed E-state index contributed by atoms with van der Waals surface area (Å²) in [6, 6.07) is 14.8. The van der Waals surface area contributed by atoms with Crippen LogP contribution in [0, 0.1) is 0 Å². The molecule has 0 saturated carbocycles. The highest BCUT2D eigenvalue weighted by Crippen LogP contribution is 2.26. The van der Waals surface area contributed by atoms with E-state index in [0.29, 0.717) is 28.9 Å². The van der Waals surface area contributed by atoms with Crippen molar-refractivity contribution in [2.24, 2.45) is 0 Å². The van der Waals surface area contributed by atoms with Gasteiger partial charge in [-0.05, 0) is 36.4 Å². The third kappa shape index (κ3) is 5.19. The Morgan fingerprint density at radius 1 is 1.15 bits per heavy atom. The molecule has 0 saturated heterocycles. The van der Waals surface area contributed by atoms with Crippen LogP contribution in [0.25, 0.3) is 11.4 Å². The van der Waals surface area contributed by atoms with Gasteiger partial charge in [-0.2, -0.15) is 0 Å². The second kappa shape index (κ2) is 9.50. The Morgan fingerprint density at radius 3 is 2.52 bits per heavy atom. The number of ketones is 1. The van der Waals surface area contributed by atoms with Crippen LogP contribution in [0.15, 0.2) is 58.2 Å². The van der Waals surface area contributed by atoms with Crippen molar-refractivity contribution in [1.29, 1.82) is 0 Å². The van der Waals surface area contributed by atoms with Crippen LogP contribution in [0.3, 0.4) is 0 Å². The number of hydrogen-bond acceptors (Lipinski definition) is 5. The van der Waals surface area contributed by atoms with E-state index in [2.05, 4.69) is 26.1 Å². The van der Waals surface area contributed by atoms with Crippen LogP contribution in [-0.2, 0) is 11.3 Å². The Morgan fingerprint density at radius 2 is 1.85 bits per heavy atom. The highest BCUT2D eigenvalue weighted by molar-refractivity contribution is 9.10. The number of halogens is 2. The number of carbonyl (C=O) groups excluding carboxylic acids is 1. The zero-order valence-corrected chi connectivity index (χ0v) is 17.7. The average molecular weight is 467 g/mol. The lowest BCUT2D eigenvalue weighted by Gasteiger charge is -2.09. The molecule has 3 rings (SSSR count). The summed E-state index contributed by atoms with van der Waals surface area (Å²) in [4.78, 5) is 12.4. The topological polar surface area (TPSA) is 57.0 Å². The van der Waals surface area contributed by atoms with E-state index < -0.39 is 0 Å². The number of carbonyl (C=O) groups is 1. The van der Waals surface area contributed by atoms with E-state index in [1.165, 1.54) is 11.8 Å². The van der Waals surface area contributed by atoms with Gasteiger partial charge in [-0.15, -0.1) is 10.2 Å². The molecule has 0 unspecified atom stereocenters. The number of methoxy groups -OCH3 is 1. The number of aromatic nitrogens is 3. The lowest BCUT2D eigenvalue weighted by atomic mass is 10.2. The Hall–Kier alpha value is -1.67. The molecule has 0 aliphatic rings. The fourth-order valence-corrected chi connectivity index (χ4v) is 3.69. The van der Waals surface area contributed by atoms with E-state index in [1.807, 2.05) is 53.1 Å². The lowest BCUT2D eigenvalue weighted by molar-refractivity contribution is 0.102. The summed E-state index contributed by atoms with van der Waals surface area (Å²) in [7, 11) is 1.65. The van der Waals surface area contributed by atoms with Crippen molar-refractivity contribution in [2.75, 3.05) is 19.5 Å². The second-order valence-corrected chi connectivity index (χ2v) is 7.97. The van der Waals surface area contributed by atoms with Crippen molar-refractivity contribution in [1.82, 2.24) is 14.8 Å². The monoisotopic (exact) mass is 465 g/mol. The fraction of sp³-hybridized carbons (Fsp3) is 0.211. The summed E-state index contributed by atoms with van der Waals surface area (Å²) in [5.74, 6) is 1.05. The Kier molecular flexibility index (Phi) is 7.07. The molecule has 0 bridgehead atoms. The molecule has 0 N–H and O–H groups in total. The number of hydrogen-bond donors (Lipinski definition) is 0. The van der Waals surface area contributed by atoms with Gasteiger partial charge >= 0.3 is 0 Å². The quantitative estimate of drug-likeness (QED) is 0.346. The fourth-order valence-electron chi connectivity index (χ4n) is 2.44. The maximum Gasteiger partial charge on any atom is 0.192 e.